The summed E-state index contributed by atoms with van der Waals surface area (Å²) >= 11 is 1.13. The minimum atomic E-state index is -3.84. The molecule has 1 aromatic heterocycles. The summed E-state index contributed by atoms with van der Waals surface area (Å²) in [6.07, 6.45) is 6.62. The quantitative estimate of drug-likeness (QED) is 0.376. The number of fused-ring (bicyclic) bond motifs is 1. The molecule has 8 nitrogen and oxygen atoms in total. The maximum Gasteiger partial charge on any atom is 0.279 e. The van der Waals surface area contributed by atoms with Gasteiger partial charge in [-0.2, -0.15) is 4.99 Å². The Kier molecular flexibility index (Phi) is 6.86. The molecule has 0 aliphatic carbocycles. The molecule has 0 bridgehead atoms. The van der Waals surface area contributed by atoms with Gasteiger partial charge < -0.3 is 4.57 Å². The van der Waals surface area contributed by atoms with Gasteiger partial charge in [-0.05, 0) is 55.5 Å². The molecule has 0 radical (unpaired) electrons. The topological polar surface area (TPSA) is 115 Å². The molecular formula is C25H21N3O5S3. The monoisotopic (exact) mass is 539 g/mol. The zero-order valence-corrected chi connectivity index (χ0v) is 21.7. The summed E-state index contributed by atoms with van der Waals surface area (Å²) < 4.78 is 54.0. The lowest BCUT2D eigenvalue weighted by Gasteiger charge is -2.09. The van der Waals surface area contributed by atoms with Crippen molar-refractivity contribution in [1.29, 1.82) is 0 Å². The van der Waals surface area contributed by atoms with Crippen molar-refractivity contribution in [2.24, 2.45) is 4.99 Å². The standard InChI is InChI=1S/C25H21N3O5S3/c1-4-14-28-22-13-12-21(35(3,30)31)16-23(22)34-25(28)26-24(29)18-6-5-7-19(15-18)27-36(32,33)20-10-8-17(2)9-11-20/h1,5-13,15-16,27H,14H2,2-3H3. The van der Waals surface area contributed by atoms with Gasteiger partial charge in [-0.25, -0.2) is 16.8 Å². The molecule has 0 atom stereocenters. The largest absolute Gasteiger partial charge is 0.305 e. The fourth-order valence-electron chi connectivity index (χ4n) is 3.41. The van der Waals surface area contributed by atoms with Crippen LogP contribution < -0.4 is 9.52 Å². The molecular weight excluding hydrogens is 518 g/mol. The average molecular weight is 540 g/mol. The number of sulfonamides is 1. The fourth-order valence-corrected chi connectivity index (χ4v) is 6.25. The van der Waals surface area contributed by atoms with E-state index in [4.69, 9.17) is 6.42 Å². The van der Waals surface area contributed by atoms with Gasteiger partial charge in [0.25, 0.3) is 15.9 Å². The summed E-state index contributed by atoms with van der Waals surface area (Å²) in [5.74, 6) is 1.91. The van der Waals surface area contributed by atoms with Gasteiger partial charge in [-0.3, -0.25) is 9.52 Å². The molecule has 0 aliphatic heterocycles. The van der Waals surface area contributed by atoms with Gasteiger partial charge in [0.1, 0.15) is 0 Å². The fraction of sp³-hybridized carbons (Fsp3) is 0.120. The van der Waals surface area contributed by atoms with E-state index in [1.165, 1.54) is 42.5 Å². The van der Waals surface area contributed by atoms with Crippen LogP contribution in [0, 0.1) is 19.3 Å². The number of sulfone groups is 1. The van der Waals surface area contributed by atoms with E-state index in [1.54, 1.807) is 28.8 Å². The van der Waals surface area contributed by atoms with Gasteiger partial charge in [-0.1, -0.05) is 41.0 Å². The van der Waals surface area contributed by atoms with Crippen LogP contribution in [-0.2, 0) is 26.4 Å². The first kappa shape index (κ1) is 25.4. The maximum atomic E-state index is 13.0. The summed E-state index contributed by atoms with van der Waals surface area (Å²) in [5.41, 5.74) is 1.96. The molecule has 4 rings (SSSR count). The first-order chi connectivity index (χ1) is 17.0. The van der Waals surface area contributed by atoms with Gasteiger partial charge >= 0.3 is 0 Å². The number of rotatable bonds is 6. The highest BCUT2D eigenvalue weighted by atomic mass is 32.2. The molecule has 184 valence electrons. The summed E-state index contributed by atoms with van der Waals surface area (Å²) in [5, 5.41) is 0. The van der Waals surface area contributed by atoms with Crippen molar-refractivity contribution >= 4 is 53.0 Å². The number of aryl methyl sites for hydroxylation is 1. The number of nitrogens with zero attached hydrogens (tertiary/aromatic N) is 2. The van der Waals surface area contributed by atoms with Gasteiger partial charge in [0.2, 0.25) is 0 Å². The Labute approximate surface area is 212 Å². The van der Waals surface area contributed by atoms with Gasteiger partial charge in [0.05, 0.1) is 26.6 Å². The Morgan fingerprint density at radius 3 is 2.39 bits per heavy atom. The number of terminal acetylenes is 1. The molecule has 11 heteroatoms. The normalized spacial score (nSPS) is 12.4. The Morgan fingerprint density at radius 1 is 1.03 bits per heavy atom. The predicted octanol–water partition coefficient (Wildman–Crippen LogP) is 3.59. The number of anilines is 1. The molecule has 4 aromatic rings. The van der Waals surface area contributed by atoms with E-state index in [0.29, 0.717) is 15.0 Å². The van der Waals surface area contributed by atoms with Crippen molar-refractivity contribution in [3.8, 4) is 12.3 Å². The van der Waals surface area contributed by atoms with E-state index >= 15 is 0 Å². The van der Waals surface area contributed by atoms with E-state index in [1.807, 2.05) is 6.92 Å². The van der Waals surface area contributed by atoms with Crippen molar-refractivity contribution in [3.63, 3.8) is 0 Å². The molecule has 36 heavy (non-hydrogen) atoms. The van der Waals surface area contributed by atoms with E-state index in [9.17, 15) is 21.6 Å². The molecule has 0 fully saturated rings. The second-order valence-corrected chi connectivity index (χ2v) is 12.7. The van der Waals surface area contributed by atoms with Gasteiger partial charge in [0.15, 0.2) is 14.6 Å². The number of amides is 1. The van der Waals surface area contributed by atoms with Crippen LogP contribution in [0.2, 0.25) is 0 Å². The van der Waals surface area contributed by atoms with Crippen LogP contribution in [0.3, 0.4) is 0 Å². The number of carbonyl (C=O) groups excluding carboxylic acids is 1. The number of benzene rings is 3. The third kappa shape index (κ3) is 5.41. The second-order valence-electron chi connectivity index (χ2n) is 7.99. The third-order valence-corrected chi connectivity index (χ3v) is 8.77. The zero-order chi connectivity index (χ0) is 26.1. The SMILES string of the molecule is C#CCn1c(=NC(=O)c2cccc(NS(=O)(=O)c3ccc(C)cc3)c2)sc2cc(S(C)(=O)=O)ccc21. The minimum Gasteiger partial charge on any atom is -0.305 e. The molecule has 0 saturated carbocycles. The highest BCUT2D eigenvalue weighted by Gasteiger charge is 2.16. The lowest BCUT2D eigenvalue weighted by Crippen LogP contribution is -2.17. The van der Waals surface area contributed by atoms with Crippen molar-refractivity contribution in [1.82, 2.24) is 4.57 Å². The molecule has 0 saturated heterocycles. The van der Waals surface area contributed by atoms with Gasteiger partial charge in [-0.15, -0.1) is 6.42 Å². The van der Waals surface area contributed by atoms with E-state index in [-0.39, 0.29) is 27.6 Å². The van der Waals surface area contributed by atoms with Crippen molar-refractivity contribution in [2.75, 3.05) is 11.0 Å². The molecule has 0 unspecified atom stereocenters. The highest BCUT2D eigenvalue weighted by Crippen LogP contribution is 2.22. The van der Waals surface area contributed by atoms with Crippen molar-refractivity contribution in [2.45, 2.75) is 23.3 Å². The summed E-state index contributed by atoms with van der Waals surface area (Å²) in [6.45, 7) is 1.98. The third-order valence-electron chi connectivity index (χ3n) is 5.22. The Morgan fingerprint density at radius 2 is 1.72 bits per heavy atom. The first-order valence-electron chi connectivity index (χ1n) is 10.5. The van der Waals surface area contributed by atoms with Crippen LogP contribution in [0.15, 0.2) is 81.5 Å². The number of aromatic nitrogens is 1. The van der Waals surface area contributed by atoms with Crippen LogP contribution in [0.25, 0.3) is 10.2 Å². The van der Waals surface area contributed by atoms with Crippen LogP contribution >= 0.6 is 11.3 Å². The molecule has 1 amide bonds. The zero-order valence-electron chi connectivity index (χ0n) is 19.3. The van der Waals surface area contributed by atoms with Crippen LogP contribution in [0.4, 0.5) is 5.69 Å². The van der Waals surface area contributed by atoms with Gasteiger partial charge in [0, 0.05) is 17.5 Å². The predicted molar refractivity (Wildman–Crippen MR) is 140 cm³/mol. The molecule has 1 N–H and O–H groups in total. The summed E-state index contributed by atoms with van der Waals surface area (Å²) in [7, 11) is -7.26. The Bertz CT molecular complexity index is 1810. The smallest absolute Gasteiger partial charge is 0.279 e. The number of hydrogen-bond acceptors (Lipinski definition) is 6. The lowest BCUT2D eigenvalue weighted by atomic mass is 10.2. The molecule has 0 spiro atoms. The molecule has 1 heterocycles. The molecule has 0 aliphatic rings. The lowest BCUT2D eigenvalue weighted by molar-refractivity contribution is 0.0998. The summed E-state index contributed by atoms with van der Waals surface area (Å²) in [4.78, 5) is 17.7. The summed E-state index contributed by atoms with van der Waals surface area (Å²) in [6, 6.07) is 17.0. The van der Waals surface area contributed by atoms with E-state index < -0.39 is 25.8 Å². The van der Waals surface area contributed by atoms with Crippen LogP contribution in [0.5, 0.6) is 0 Å². The Hall–Kier alpha value is -3.72. The average Bonchev–Trinajstić information content (AvgIpc) is 3.15. The second kappa shape index (κ2) is 9.73. The van der Waals surface area contributed by atoms with Crippen molar-refractivity contribution < 1.29 is 21.6 Å². The van der Waals surface area contributed by atoms with Crippen molar-refractivity contribution in [3.05, 3.63) is 82.7 Å². The van der Waals surface area contributed by atoms with Crippen LogP contribution in [-0.4, -0.2) is 33.6 Å². The number of thiazole rings is 1. The van der Waals surface area contributed by atoms with E-state index in [0.717, 1.165) is 23.2 Å². The highest BCUT2D eigenvalue weighted by molar-refractivity contribution is 7.92. The van der Waals surface area contributed by atoms with E-state index in [2.05, 4.69) is 15.6 Å². The number of nitrogens with one attached hydrogen (secondary N) is 1. The van der Waals surface area contributed by atoms with Crippen LogP contribution in [0.1, 0.15) is 15.9 Å². The Balaban J connectivity index is 1.70. The number of carbonyl (C=O) groups is 1. The minimum absolute atomic E-state index is 0.101. The molecule has 3 aromatic carbocycles. The first-order valence-corrected chi connectivity index (χ1v) is 14.7. The number of hydrogen-bond donors (Lipinski definition) is 1. The maximum absolute atomic E-state index is 13.0.